The highest BCUT2D eigenvalue weighted by molar-refractivity contribution is 6.42. The molecule has 2 amide bonds. The van der Waals surface area contributed by atoms with Crippen molar-refractivity contribution in [3.8, 4) is 0 Å². The molecule has 0 saturated carbocycles. The molecular weight excluding hydrogens is 395 g/mol. The summed E-state index contributed by atoms with van der Waals surface area (Å²) in [4.78, 5) is 31.4. The predicted octanol–water partition coefficient (Wildman–Crippen LogP) is 3.42. The minimum atomic E-state index is -0.619. The van der Waals surface area contributed by atoms with Crippen molar-refractivity contribution in [1.82, 2.24) is 4.90 Å². The van der Waals surface area contributed by atoms with Crippen LogP contribution in [-0.4, -0.2) is 42.9 Å². The summed E-state index contributed by atoms with van der Waals surface area (Å²) in [6.45, 7) is 1.95. The predicted molar refractivity (Wildman–Crippen MR) is 120 cm³/mol. The number of hydrogen-bond donors (Lipinski definition) is 1. The maximum atomic E-state index is 13.3. The Morgan fingerprint density at radius 2 is 1.35 bits per heavy atom. The normalized spacial score (nSPS) is 13.7. The van der Waals surface area contributed by atoms with Gasteiger partial charge in [-0.15, -0.1) is 0 Å². The van der Waals surface area contributed by atoms with Crippen LogP contribution < -0.4 is 15.5 Å². The van der Waals surface area contributed by atoms with Gasteiger partial charge in [-0.3, -0.25) is 14.5 Å². The summed E-state index contributed by atoms with van der Waals surface area (Å²) in [5.74, 6) is -1.46. The van der Waals surface area contributed by atoms with Gasteiger partial charge in [-0.1, -0.05) is 18.2 Å². The first kappa shape index (κ1) is 20.4. The van der Waals surface area contributed by atoms with Gasteiger partial charge in [0.2, 0.25) is 0 Å². The number of nitrogen functional groups attached to an aromatic ring is 1. The average molecular weight is 418 g/mol. The number of nitrogens with zero attached hydrogens (tertiary/aromatic N) is 3. The fourth-order valence-electron chi connectivity index (χ4n) is 3.63. The minimum absolute atomic E-state index is 0.285. The van der Waals surface area contributed by atoms with Crippen molar-refractivity contribution in [3.05, 3.63) is 84.7 Å². The Morgan fingerprint density at radius 1 is 0.774 bits per heavy atom. The van der Waals surface area contributed by atoms with Crippen molar-refractivity contribution in [1.29, 1.82) is 0 Å². The van der Waals surface area contributed by atoms with Crippen LogP contribution in [0.15, 0.2) is 78.9 Å². The van der Waals surface area contributed by atoms with Crippen LogP contribution in [0.25, 0.3) is 0 Å². The van der Waals surface area contributed by atoms with Crippen molar-refractivity contribution in [2.75, 3.05) is 41.7 Å². The van der Waals surface area contributed by atoms with Crippen LogP contribution in [0.1, 0.15) is 0 Å². The number of carbonyl (C=O) groups excluding carboxylic acids is 2. The summed E-state index contributed by atoms with van der Waals surface area (Å²) < 4.78 is 13.2. The van der Waals surface area contributed by atoms with Crippen molar-refractivity contribution in [3.63, 3.8) is 0 Å². The van der Waals surface area contributed by atoms with Gasteiger partial charge < -0.3 is 15.5 Å². The maximum absolute atomic E-state index is 13.3. The quantitative estimate of drug-likeness (QED) is 0.523. The van der Waals surface area contributed by atoms with Crippen molar-refractivity contribution < 1.29 is 14.0 Å². The molecule has 2 N–H and O–H groups in total. The summed E-state index contributed by atoms with van der Waals surface area (Å²) in [6, 6.07) is 22.2. The number of piperazine rings is 1. The van der Waals surface area contributed by atoms with E-state index in [4.69, 9.17) is 5.73 Å². The second kappa shape index (κ2) is 8.87. The fourth-order valence-corrected chi connectivity index (χ4v) is 3.63. The Kier molecular flexibility index (Phi) is 5.84. The van der Waals surface area contributed by atoms with Gasteiger partial charge in [0.25, 0.3) is 0 Å². The van der Waals surface area contributed by atoms with Gasteiger partial charge in [-0.2, -0.15) is 0 Å². The summed E-state index contributed by atoms with van der Waals surface area (Å²) >= 11 is 0. The third-order valence-corrected chi connectivity index (χ3v) is 5.31. The molecule has 0 atom stereocenters. The van der Waals surface area contributed by atoms with Crippen molar-refractivity contribution in [2.24, 2.45) is 0 Å². The molecule has 4 rings (SSSR count). The molecule has 0 spiro atoms. The molecule has 3 aromatic carbocycles. The van der Waals surface area contributed by atoms with Gasteiger partial charge >= 0.3 is 11.8 Å². The number of hydrogen-bond acceptors (Lipinski definition) is 4. The molecule has 31 heavy (non-hydrogen) atoms. The van der Waals surface area contributed by atoms with E-state index in [9.17, 15) is 14.0 Å². The highest BCUT2D eigenvalue weighted by Crippen LogP contribution is 2.27. The van der Waals surface area contributed by atoms with Crippen molar-refractivity contribution >= 4 is 34.6 Å². The molecule has 1 aliphatic rings. The Morgan fingerprint density at radius 3 is 1.97 bits per heavy atom. The standard InChI is InChI=1S/C24H23FN4O2/c25-18-6-10-20(11-7-18)27-14-16-28(17-15-27)23(30)24(31)29(21-4-2-1-3-5-21)22-12-8-19(26)9-13-22/h1-13H,14-17,26H2. The first-order chi connectivity index (χ1) is 15.0. The van der Waals surface area contributed by atoms with Gasteiger partial charge in [0, 0.05) is 48.9 Å². The second-order valence-corrected chi connectivity index (χ2v) is 7.32. The smallest absolute Gasteiger partial charge is 0.321 e. The topological polar surface area (TPSA) is 69.9 Å². The number of carbonyl (C=O) groups is 2. The third-order valence-electron chi connectivity index (χ3n) is 5.31. The third kappa shape index (κ3) is 4.50. The first-order valence-electron chi connectivity index (χ1n) is 10.1. The Labute approximate surface area is 180 Å². The Bertz CT molecular complexity index is 1050. The Balaban J connectivity index is 1.50. The molecule has 6 nitrogen and oxygen atoms in total. The fraction of sp³-hybridized carbons (Fsp3) is 0.167. The molecule has 7 heteroatoms. The van der Waals surface area contributed by atoms with E-state index >= 15 is 0 Å². The molecular formula is C24H23FN4O2. The van der Waals surface area contributed by atoms with Crippen LogP contribution in [0.3, 0.4) is 0 Å². The van der Waals surface area contributed by atoms with E-state index < -0.39 is 11.8 Å². The molecule has 0 bridgehead atoms. The number of para-hydroxylation sites is 1. The molecule has 158 valence electrons. The number of anilines is 4. The zero-order valence-electron chi connectivity index (χ0n) is 16.9. The number of nitrogens with two attached hydrogens (primary N) is 1. The van der Waals surface area contributed by atoms with Crippen LogP contribution in [0, 0.1) is 5.82 Å². The summed E-state index contributed by atoms with van der Waals surface area (Å²) in [5.41, 5.74) is 8.44. The highest BCUT2D eigenvalue weighted by Gasteiger charge is 2.31. The monoisotopic (exact) mass is 418 g/mol. The lowest BCUT2D eigenvalue weighted by atomic mass is 10.2. The molecule has 0 aliphatic carbocycles. The van der Waals surface area contributed by atoms with Gasteiger partial charge in [-0.25, -0.2) is 4.39 Å². The van der Waals surface area contributed by atoms with Crippen LogP contribution in [0.2, 0.25) is 0 Å². The Hall–Kier alpha value is -3.87. The highest BCUT2D eigenvalue weighted by atomic mass is 19.1. The van der Waals surface area contributed by atoms with E-state index in [0.717, 1.165) is 5.69 Å². The van der Waals surface area contributed by atoms with Crippen LogP contribution in [-0.2, 0) is 9.59 Å². The number of amides is 2. The molecule has 0 unspecified atom stereocenters. The zero-order valence-corrected chi connectivity index (χ0v) is 16.9. The molecule has 3 aromatic rings. The molecule has 0 aromatic heterocycles. The number of rotatable bonds is 3. The van der Waals surface area contributed by atoms with E-state index in [2.05, 4.69) is 4.90 Å². The molecule has 1 heterocycles. The first-order valence-corrected chi connectivity index (χ1v) is 10.1. The van der Waals surface area contributed by atoms with Gasteiger partial charge in [0.1, 0.15) is 5.82 Å². The summed E-state index contributed by atoms with van der Waals surface area (Å²) in [6.07, 6.45) is 0. The van der Waals surface area contributed by atoms with Crippen LogP contribution in [0.4, 0.5) is 27.1 Å². The van der Waals surface area contributed by atoms with E-state index in [1.54, 1.807) is 53.4 Å². The van der Waals surface area contributed by atoms with Gasteiger partial charge in [-0.05, 0) is 60.7 Å². The maximum Gasteiger partial charge on any atom is 0.321 e. The minimum Gasteiger partial charge on any atom is -0.399 e. The van der Waals surface area contributed by atoms with Crippen molar-refractivity contribution in [2.45, 2.75) is 0 Å². The van der Waals surface area contributed by atoms with E-state index in [0.29, 0.717) is 43.2 Å². The van der Waals surface area contributed by atoms with E-state index in [1.165, 1.54) is 17.0 Å². The van der Waals surface area contributed by atoms with Gasteiger partial charge in [0.05, 0.1) is 0 Å². The molecule has 1 fully saturated rings. The zero-order chi connectivity index (χ0) is 21.8. The number of benzene rings is 3. The van der Waals surface area contributed by atoms with Gasteiger partial charge in [0.15, 0.2) is 0 Å². The van der Waals surface area contributed by atoms with Crippen LogP contribution in [0.5, 0.6) is 0 Å². The number of halogens is 1. The van der Waals surface area contributed by atoms with E-state index in [-0.39, 0.29) is 5.82 Å². The lowest BCUT2D eigenvalue weighted by molar-refractivity contribution is -0.144. The summed E-state index contributed by atoms with van der Waals surface area (Å²) in [5, 5.41) is 0. The van der Waals surface area contributed by atoms with Crippen LogP contribution >= 0.6 is 0 Å². The molecule has 0 radical (unpaired) electrons. The lowest BCUT2D eigenvalue weighted by Gasteiger charge is -2.36. The largest absolute Gasteiger partial charge is 0.399 e. The summed E-state index contributed by atoms with van der Waals surface area (Å²) in [7, 11) is 0. The molecule has 1 aliphatic heterocycles. The lowest BCUT2D eigenvalue weighted by Crippen LogP contribution is -2.52. The SMILES string of the molecule is Nc1ccc(N(C(=O)C(=O)N2CCN(c3ccc(F)cc3)CC2)c2ccccc2)cc1. The van der Waals surface area contributed by atoms with E-state index in [1.807, 2.05) is 18.2 Å². The average Bonchev–Trinajstić information content (AvgIpc) is 2.81. The molecule has 1 saturated heterocycles. The second-order valence-electron chi connectivity index (χ2n) is 7.32.